The van der Waals surface area contributed by atoms with E-state index >= 15 is 0 Å². The summed E-state index contributed by atoms with van der Waals surface area (Å²) < 4.78 is 51.3. The maximum Gasteiger partial charge on any atom is 0.314 e. The van der Waals surface area contributed by atoms with Crippen LogP contribution in [-0.2, 0) is 20.0 Å². The number of hydrogen-bond acceptors (Lipinski definition) is 3. The summed E-state index contributed by atoms with van der Waals surface area (Å²) in [7, 11) is -4.12. The summed E-state index contributed by atoms with van der Waals surface area (Å²) in [5.74, 6) is -3.68. The zero-order chi connectivity index (χ0) is 15.8. The third kappa shape index (κ3) is 2.66. The summed E-state index contributed by atoms with van der Waals surface area (Å²) >= 11 is 0. The van der Waals surface area contributed by atoms with Crippen LogP contribution in [0.4, 0.5) is 8.78 Å². The molecule has 0 aliphatic heterocycles. The Morgan fingerprint density at radius 1 is 1.19 bits per heavy atom. The summed E-state index contributed by atoms with van der Waals surface area (Å²) in [6, 6.07) is 1.88. The molecule has 0 aromatic heterocycles. The van der Waals surface area contributed by atoms with Gasteiger partial charge in [-0.1, -0.05) is 25.3 Å². The molecule has 21 heavy (non-hydrogen) atoms. The topological polar surface area (TPSA) is 71.4 Å². The molecule has 1 aliphatic carbocycles. The Hall–Kier alpha value is -1.50. The Kier molecular flexibility index (Phi) is 4.06. The highest BCUT2D eigenvalue weighted by Crippen LogP contribution is 2.42. The van der Waals surface area contributed by atoms with Crippen molar-refractivity contribution in [2.24, 2.45) is 0 Å². The van der Waals surface area contributed by atoms with Gasteiger partial charge in [-0.15, -0.1) is 0 Å². The predicted molar refractivity (Wildman–Crippen MR) is 71.9 cm³/mol. The third-order valence-electron chi connectivity index (χ3n) is 4.05. The molecule has 0 unspecified atom stereocenters. The average Bonchev–Trinajstić information content (AvgIpc) is 2.37. The van der Waals surface area contributed by atoms with Gasteiger partial charge in [0.05, 0.1) is 5.41 Å². The molecule has 0 bridgehead atoms. The average molecular weight is 318 g/mol. The minimum atomic E-state index is -4.12. The lowest BCUT2D eigenvalue weighted by molar-refractivity contribution is -0.145. The molecule has 0 atom stereocenters. The van der Waals surface area contributed by atoms with Crippen LogP contribution in [0.3, 0.4) is 0 Å². The van der Waals surface area contributed by atoms with Gasteiger partial charge in [0, 0.05) is 11.8 Å². The van der Waals surface area contributed by atoms with Gasteiger partial charge in [0.15, 0.2) is 9.84 Å². The number of benzene rings is 1. The maximum absolute atomic E-state index is 14.5. The lowest BCUT2D eigenvalue weighted by Crippen LogP contribution is -2.39. The molecule has 1 saturated carbocycles. The summed E-state index contributed by atoms with van der Waals surface area (Å²) in [6.45, 7) is 0. The Morgan fingerprint density at radius 3 is 2.24 bits per heavy atom. The van der Waals surface area contributed by atoms with Crippen LogP contribution in [0.25, 0.3) is 0 Å². The minimum absolute atomic E-state index is 0.216. The number of aliphatic carboxylic acids is 1. The van der Waals surface area contributed by atoms with Gasteiger partial charge in [-0.05, 0) is 18.9 Å². The third-order valence-corrected chi connectivity index (χ3v) is 5.17. The monoisotopic (exact) mass is 318 g/mol. The Morgan fingerprint density at radius 2 is 1.76 bits per heavy atom. The molecule has 0 radical (unpaired) electrons. The summed E-state index contributed by atoms with van der Waals surface area (Å²) in [5, 5.41) is 9.52. The van der Waals surface area contributed by atoms with Crippen LogP contribution < -0.4 is 0 Å². The van der Waals surface area contributed by atoms with Crippen LogP contribution >= 0.6 is 0 Å². The van der Waals surface area contributed by atoms with Crippen molar-refractivity contribution in [3.8, 4) is 0 Å². The number of carboxylic acid groups (broad SMARTS) is 1. The van der Waals surface area contributed by atoms with Crippen molar-refractivity contribution < 1.29 is 27.1 Å². The molecule has 2 rings (SSSR count). The summed E-state index contributed by atoms with van der Waals surface area (Å²) in [4.78, 5) is 10.6. The van der Waals surface area contributed by atoms with E-state index < -0.39 is 37.8 Å². The second kappa shape index (κ2) is 5.36. The number of carboxylic acids is 1. The normalized spacial score (nSPS) is 18.4. The molecule has 0 saturated heterocycles. The number of rotatable bonds is 3. The Balaban J connectivity index is 2.71. The van der Waals surface area contributed by atoms with E-state index in [2.05, 4.69) is 0 Å². The van der Waals surface area contributed by atoms with Gasteiger partial charge in [0.25, 0.3) is 0 Å². The molecule has 1 aliphatic rings. The van der Waals surface area contributed by atoms with Crippen molar-refractivity contribution in [2.75, 3.05) is 6.26 Å². The van der Waals surface area contributed by atoms with E-state index in [-0.39, 0.29) is 18.4 Å². The lowest BCUT2D eigenvalue weighted by atomic mass is 9.69. The number of hydrogen-bond donors (Lipinski definition) is 1. The van der Waals surface area contributed by atoms with Crippen molar-refractivity contribution in [2.45, 2.75) is 42.4 Å². The van der Waals surface area contributed by atoms with Crippen LogP contribution in [0.1, 0.15) is 37.7 Å². The van der Waals surface area contributed by atoms with Crippen LogP contribution in [0.15, 0.2) is 17.0 Å². The molecular weight excluding hydrogens is 302 g/mol. The van der Waals surface area contributed by atoms with Crippen LogP contribution in [-0.4, -0.2) is 25.7 Å². The first-order valence-electron chi connectivity index (χ1n) is 6.62. The largest absolute Gasteiger partial charge is 0.481 e. The second-order valence-electron chi connectivity index (χ2n) is 5.46. The maximum atomic E-state index is 14.5. The van der Waals surface area contributed by atoms with E-state index in [9.17, 15) is 27.1 Å². The second-order valence-corrected chi connectivity index (χ2v) is 7.41. The van der Waals surface area contributed by atoms with Crippen molar-refractivity contribution in [1.82, 2.24) is 0 Å². The molecule has 1 aromatic carbocycles. The van der Waals surface area contributed by atoms with E-state index in [0.29, 0.717) is 19.1 Å². The zero-order valence-corrected chi connectivity index (χ0v) is 12.3. The van der Waals surface area contributed by atoms with E-state index in [1.165, 1.54) is 0 Å². The van der Waals surface area contributed by atoms with Crippen molar-refractivity contribution in [3.05, 3.63) is 29.3 Å². The molecule has 1 aromatic rings. The summed E-state index contributed by atoms with van der Waals surface area (Å²) in [6.07, 6.45) is 3.19. The summed E-state index contributed by atoms with van der Waals surface area (Å²) in [5.41, 5.74) is -1.72. The molecule has 7 heteroatoms. The van der Waals surface area contributed by atoms with Gasteiger partial charge in [0.2, 0.25) is 0 Å². The SMILES string of the molecule is CS(=O)(=O)c1c(F)ccc(C2(C(=O)O)CCCCC2)c1F. The fourth-order valence-corrected chi connectivity index (χ4v) is 3.85. The quantitative estimate of drug-likeness (QED) is 0.930. The highest BCUT2D eigenvalue weighted by molar-refractivity contribution is 7.90. The molecule has 0 amide bonds. The molecule has 1 N–H and O–H groups in total. The molecule has 0 heterocycles. The van der Waals surface area contributed by atoms with Crippen LogP contribution in [0, 0.1) is 11.6 Å². The van der Waals surface area contributed by atoms with Crippen molar-refractivity contribution in [3.63, 3.8) is 0 Å². The van der Waals surface area contributed by atoms with E-state index in [4.69, 9.17) is 0 Å². The number of sulfone groups is 1. The first kappa shape index (κ1) is 15.9. The molecular formula is C14H16F2O4S. The van der Waals surface area contributed by atoms with Crippen LogP contribution in [0.5, 0.6) is 0 Å². The molecule has 0 spiro atoms. The predicted octanol–water partition coefficient (Wildman–Crippen LogP) is 2.65. The smallest absolute Gasteiger partial charge is 0.314 e. The van der Waals surface area contributed by atoms with Gasteiger partial charge < -0.3 is 5.11 Å². The zero-order valence-electron chi connectivity index (χ0n) is 11.5. The van der Waals surface area contributed by atoms with Gasteiger partial charge >= 0.3 is 5.97 Å². The first-order chi connectivity index (χ1) is 9.70. The first-order valence-corrected chi connectivity index (χ1v) is 8.51. The number of carbonyl (C=O) groups is 1. The standard InChI is InChI=1S/C14H16F2O4S/c1-21(19,20)12-10(15)6-5-9(11(12)16)14(13(17)18)7-3-2-4-8-14/h5-6H,2-4,7-8H2,1H3,(H,17,18). The Bertz CT molecular complexity index is 676. The lowest BCUT2D eigenvalue weighted by Gasteiger charge is -2.34. The minimum Gasteiger partial charge on any atom is -0.481 e. The highest BCUT2D eigenvalue weighted by Gasteiger charge is 2.44. The highest BCUT2D eigenvalue weighted by atomic mass is 32.2. The van der Waals surface area contributed by atoms with Gasteiger partial charge in [0.1, 0.15) is 16.5 Å². The van der Waals surface area contributed by atoms with Gasteiger partial charge in [-0.25, -0.2) is 17.2 Å². The van der Waals surface area contributed by atoms with Crippen molar-refractivity contribution >= 4 is 15.8 Å². The molecule has 1 fully saturated rings. The van der Waals surface area contributed by atoms with E-state index in [0.717, 1.165) is 18.6 Å². The molecule has 4 nitrogen and oxygen atoms in total. The van der Waals surface area contributed by atoms with Crippen molar-refractivity contribution in [1.29, 1.82) is 0 Å². The fourth-order valence-electron chi connectivity index (χ4n) is 3.00. The Labute approximate surface area is 121 Å². The van der Waals surface area contributed by atoms with Gasteiger partial charge in [-0.2, -0.15) is 0 Å². The van der Waals surface area contributed by atoms with E-state index in [1.807, 2.05) is 0 Å². The fraction of sp³-hybridized carbons (Fsp3) is 0.500. The van der Waals surface area contributed by atoms with Gasteiger partial charge in [-0.3, -0.25) is 4.79 Å². The molecule has 116 valence electrons. The van der Waals surface area contributed by atoms with E-state index in [1.54, 1.807) is 0 Å². The van der Waals surface area contributed by atoms with Crippen LogP contribution in [0.2, 0.25) is 0 Å². The number of halogens is 2.